The number of aromatic hydroxyl groups is 1. The van der Waals surface area contributed by atoms with Gasteiger partial charge in [0.1, 0.15) is 0 Å². The van der Waals surface area contributed by atoms with E-state index < -0.39 is 0 Å². The Kier molecular flexibility index (Phi) is 3.26. The van der Waals surface area contributed by atoms with E-state index in [2.05, 4.69) is 17.3 Å². The van der Waals surface area contributed by atoms with Crippen LogP contribution in [0.4, 0.5) is 0 Å². The van der Waals surface area contributed by atoms with Crippen molar-refractivity contribution in [3.63, 3.8) is 0 Å². The minimum absolute atomic E-state index is 0.112. The summed E-state index contributed by atoms with van der Waals surface area (Å²) in [5.41, 5.74) is 0.532. The van der Waals surface area contributed by atoms with Crippen molar-refractivity contribution in [2.24, 2.45) is 40.6 Å². The molecule has 6 atom stereocenters. The summed E-state index contributed by atoms with van der Waals surface area (Å²) in [4.78, 5) is 25.7. The summed E-state index contributed by atoms with van der Waals surface area (Å²) in [6.45, 7) is 0. The molecular weight excluding hydrogens is 356 g/mol. The van der Waals surface area contributed by atoms with Crippen LogP contribution < -0.4 is 4.74 Å². The Morgan fingerprint density at radius 1 is 1.19 bits per heavy atom. The smallest absolute Gasteiger partial charge is 0.254 e. The van der Waals surface area contributed by atoms with Gasteiger partial charge >= 0.3 is 0 Å². The molecule has 2 bridgehead atoms. The maximum absolute atomic E-state index is 12.8. The quantitative estimate of drug-likeness (QED) is 0.502. The number of carbonyl (C=O) groups is 2. The fraction of sp³-hybridized carbons (Fsp3) is 0.421. The summed E-state index contributed by atoms with van der Waals surface area (Å²) in [7, 11) is 1.42. The number of halogens is 1. The molecule has 0 spiro atoms. The summed E-state index contributed by atoms with van der Waals surface area (Å²) in [5, 5.41) is 15.1. The Bertz CT molecular complexity index is 860. The van der Waals surface area contributed by atoms with Gasteiger partial charge in [-0.3, -0.25) is 9.59 Å². The largest absolute Gasteiger partial charge is 0.503 e. The highest BCUT2D eigenvalue weighted by atomic mass is 35.5. The number of carbonyl (C=O) groups excluding carboxylic acids is 2. The third kappa shape index (κ3) is 2.02. The van der Waals surface area contributed by atoms with Crippen LogP contribution in [0.5, 0.6) is 11.5 Å². The van der Waals surface area contributed by atoms with Crippen LogP contribution in [0.15, 0.2) is 29.4 Å². The normalized spacial score (nSPS) is 36.6. The third-order valence-corrected chi connectivity index (χ3v) is 6.52. The molecule has 0 aromatic heterocycles. The Morgan fingerprint density at radius 2 is 1.81 bits per heavy atom. The van der Waals surface area contributed by atoms with Gasteiger partial charge in [0.2, 0.25) is 0 Å². The lowest BCUT2D eigenvalue weighted by molar-refractivity contribution is -0.140. The van der Waals surface area contributed by atoms with Crippen molar-refractivity contribution in [1.82, 2.24) is 5.01 Å². The van der Waals surface area contributed by atoms with Crippen LogP contribution in [0.2, 0.25) is 5.02 Å². The van der Waals surface area contributed by atoms with Crippen LogP contribution in [-0.4, -0.2) is 35.3 Å². The molecule has 6 nitrogen and oxygen atoms in total. The maximum Gasteiger partial charge on any atom is 0.254 e. The molecule has 1 heterocycles. The average Bonchev–Trinajstić information content (AvgIpc) is 3.41. The molecule has 2 saturated carbocycles. The topological polar surface area (TPSA) is 79.2 Å². The summed E-state index contributed by atoms with van der Waals surface area (Å²) >= 11 is 5.97. The van der Waals surface area contributed by atoms with Crippen LogP contribution >= 0.6 is 11.6 Å². The van der Waals surface area contributed by atoms with Gasteiger partial charge in [-0.1, -0.05) is 23.8 Å². The van der Waals surface area contributed by atoms with E-state index in [1.54, 1.807) is 6.07 Å². The molecule has 3 fully saturated rings. The minimum Gasteiger partial charge on any atom is -0.503 e. The van der Waals surface area contributed by atoms with Crippen molar-refractivity contribution in [1.29, 1.82) is 0 Å². The van der Waals surface area contributed by atoms with Crippen molar-refractivity contribution in [3.8, 4) is 11.5 Å². The number of hydrogen-bond donors (Lipinski definition) is 1. The molecule has 1 saturated heterocycles. The van der Waals surface area contributed by atoms with Gasteiger partial charge in [0, 0.05) is 0 Å². The molecule has 1 aromatic carbocycles. The van der Waals surface area contributed by atoms with Gasteiger partial charge in [-0.2, -0.15) is 10.1 Å². The number of nitrogens with zero attached hydrogens (tertiary/aromatic N) is 2. The predicted molar refractivity (Wildman–Crippen MR) is 93.8 cm³/mol. The Hall–Kier alpha value is -2.34. The van der Waals surface area contributed by atoms with E-state index in [0.717, 1.165) is 11.4 Å². The zero-order valence-electron chi connectivity index (χ0n) is 14.0. The van der Waals surface area contributed by atoms with Crippen molar-refractivity contribution in [3.05, 3.63) is 34.9 Å². The van der Waals surface area contributed by atoms with E-state index in [9.17, 15) is 14.7 Å². The zero-order valence-corrected chi connectivity index (χ0v) is 14.8. The lowest BCUT2D eigenvalue weighted by Crippen LogP contribution is -2.40. The summed E-state index contributed by atoms with van der Waals surface area (Å²) in [6, 6.07) is 3.05. The first-order valence-corrected chi connectivity index (χ1v) is 9.05. The minimum atomic E-state index is -0.267. The first-order chi connectivity index (χ1) is 12.5. The molecule has 26 heavy (non-hydrogen) atoms. The number of phenolic OH excluding ortho intramolecular Hbond substituents is 1. The first-order valence-electron chi connectivity index (χ1n) is 8.68. The monoisotopic (exact) mass is 372 g/mol. The van der Waals surface area contributed by atoms with Crippen LogP contribution in [0.25, 0.3) is 0 Å². The summed E-state index contributed by atoms with van der Waals surface area (Å²) in [6.07, 6.45) is 6.79. The molecule has 5 aliphatic rings. The number of amides is 2. The Morgan fingerprint density at radius 3 is 2.38 bits per heavy atom. The van der Waals surface area contributed by atoms with E-state index in [1.165, 1.54) is 19.4 Å². The number of imide groups is 1. The third-order valence-electron chi connectivity index (χ3n) is 6.23. The Labute approximate surface area is 155 Å². The number of benzene rings is 1. The second kappa shape index (κ2) is 5.33. The molecule has 0 radical (unpaired) electrons. The SMILES string of the molecule is COc1cc(/C=N\N2C(=O)[C@@H]3[C@@H]4C=C[C@H]([C@@H]5C[C@H]45)[C@H]3C2=O)cc(Cl)c1O. The molecule has 1 aliphatic heterocycles. The van der Waals surface area contributed by atoms with Gasteiger partial charge in [0.05, 0.1) is 30.2 Å². The first kappa shape index (κ1) is 15.9. The second-order valence-electron chi connectivity index (χ2n) is 7.44. The van der Waals surface area contributed by atoms with Crippen molar-refractivity contribution < 1.29 is 19.4 Å². The zero-order chi connectivity index (χ0) is 18.2. The van der Waals surface area contributed by atoms with Crippen molar-refractivity contribution >= 4 is 29.6 Å². The lowest BCUT2D eigenvalue weighted by atomic mass is 9.63. The maximum atomic E-state index is 12.8. The molecule has 134 valence electrons. The van der Waals surface area contributed by atoms with Crippen LogP contribution in [0.3, 0.4) is 0 Å². The number of methoxy groups -OCH3 is 1. The summed E-state index contributed by atoms with van der Waals surface area (Å²) < 4.78 is 5.06. The van der Waals surface area contributed by atoms with Crippen molar-refractivity contribution in [2.45, 2.75) is 6.42 Å². The standard InChI is InChI=1S/C19H17ClN2O4/c1-26-14-5-8(4-13(20)17(14)23)7-21-22-18(24)15-9-2-3-10(12-6-11(9)12)16(15)19(22)25/h2-5,7,9-12,15-16,23H,6H2,1H3/b21-7-/t9-,10-,11-,12+,15-,16-/m1/s1. The Balaban J connectivity index is 1.44. The molecule has 7 heteroatoms. The van der Waals surface area contributed by atoms with E-state index in [-0.39, 0.29) is 52.0 Å². The van der Waals surface area contributed by atoms with Crippen LogP contribution in [0, 0.1) is 35.5 Å². The number of ether oxygens (including phenoxy) is 1. The summed E-state index contributed by atoms with van der Waals surface area (Å²) in [5.74, 6) is 0.564. The van der Waals surface area contributed by atoms with Gasteiger partial charge in [-0.15, -0.1) is 0 Å². The van der Waals surface area contributed by atoms with E-state index in [0.29, 0.717) is 17.4 Å². The van der Waals surface area contributed by atoms with Gasteiger partial charge in [0.25, 0.3) is 11.8 Å². The molecule has 0 unspecified atom stereocenters. The van der Waals surface area contributed by atoms with Crippen molar-refractivity contribution in [2.75, 3.05) is 7.11 Å². The molecule has 1 N–H and O–H groups in total. The van der Waals surface area contributed by atoms with Gasteiger partial charge in [0.15, 0.2) is 11.5 Å². The van der Waals surface area contributed by atoms with Crippen LogP contribution in [0.1, 0.15) is 12.0 Å². The second-order valence-corrected chi connectivity index (χ2v) is 7.85. The number of phenols is 1. The van der Waals surface area contributed by atoms with E-state index in [1.807, 2.05) is 0 Å². The van der Waals surface area contributed by atoms with E-state index >= 15 is 0 Å². The molecule has 2 amide bonds. The molecule has 6 rings (SSSR count). The predicted octanol–water partition coefficient (Wildman–Crippen LogP) is 2.44. The molecular formula is C19H17ClN2O4. The number of rotatable bonds is 3. The number of allylic oxidation sites excluding steroid dienone is 2. The van der Waals surface area contributed by atoms with Gasteiger partial charge in [-0.25, -0.2) is 0 Å². The highest BCUT2D eigenvalue weighted by molar-refractivity contribution is 6.32. The van der Waals surface area contributed by atoms with Gasteiger partial charge < -0.3 is 9.84 Å². The number of hydrazone groups is 1. The lowest BCUT2D eigenvalue weighted by Gasteiger charge is -2.37. The fourth-order valence-corrected chi connectivity index (χ4v) is 5.22. The van der Waals surface area contributed by atoms with E-state index in [4.69, 9.17) is 16.3 Å². The highest BCUT2D eigenvalue weighted by Crippen LogP contribution is 2.65. The fourth-order valence-electron chi connectivity index (χ4n) is 5.00. The van der Waals surface area contributed by atoms with Crippen LogP contribution in [-0.2, 0) is 9.59 Å². The highest BCUT2D eigenvalue weighted by Gasteiger charge is 2.67. The average molecular weight is 373 g/mol. The molecule has 1 aromatic rings. The molecule has 4 aliphatic carbocycles. The number of hydrogen-bond acceptors (Lipinski definition) is 5. The van der Waals surface area contributed by atoms with Gasteiger partial charge in [-0.05, 0) is 47.8 Å².